The zero-order chi connectivity index (χ0) is 23.7. The van der Waals surface area contributed by atoms with Crippen molar-refractivity contribution in [1.82, 2.24) is 19.7 Å². The molecule has 2 aromatic heterocycles. The van der Waals surface area contributed by atoms with Crippen LogP contribution in [0.5, 0.6) is 0 Å². The molecule has 7 nitrogen and oxygen atoms in total. The van der Waals surface area contributed by atoms with E-state index >= 15 is 0 Å². The minimum absolute atomic E-state index is 0.194. The fourth-order valence-electron chi connectivity index (χ4n) is 4.16. The highest BCUT2D eigenvalue weighted by atomic mass is 32.1. The number of H-pyrrole nitrogens is 1. The van der Waals surface area contributed by atoms with Gasteiger partial charge in [-0.2, -0.15) is 5.10 Å². The summed E-state index contributed by atoms with van der Waals surface area (Å²) < 4.78 is 2.37. The second-order valence-electron chi connectivity index (χ2n) is 8.13. The molecule has 0 saturated carbocycles. The molecule has 5 rings (SSSR count). The molecule has 0 unspecified atom stereocenters. The molecule has 0 bridgehead atoms. The van der Waals surface area contributed by atoms with E-state index in [-0.39, 0.29) is 5.91 Å². The number of aromatic amines is 1. The molecule has 9 heteroatoms. The predicted octanol–water partition coefficient (Wildman–Crippen LogP) is 5.37. The first kappa shape index (κ1) is 22.2. The number of benzene rings is 2. The number of rotatable bonds is 6. The Hall–Kier alpha value is -3.56. The van der Waals surface area contributed by atoms with Crippen LogP contribution in [0.15, 0.2) is 61.2 Å². The van der Waals surface area contributed by atoms with Gasteiger partial charge in [-0.25, -0.2) is 4.98 Å². The summed E-state index contributed by atoms with van der Waals surface area (Å²) >= 11 is 6.68. The van der Waals surface area contributed by atoms with Crippen molar-refractivity contribution >= 4 is 40.3 Å². The number of hydrogen-bond acceptors (Lipinski definition) is 6. The second kappa shape index (κ2) is 9.36. The van der Waals surface area contributed by atoms with Crippen molar-refractivity contribution < 1.29 is 4.79 Å². The van der Waals surface area contributed by atoms with Crippen molar-refractivity contribution in [2.45, 2.75) is 26.4 Å². The molecular weight excluding hydrogens is 464 g/mol. The zero-order valence-electron chi connectivity index (χ0n) is 18.7. The third-order valence-corrected chi connectivity index (χ3v) is 7.30. The topological polar surface area (TPSA) is 78.8 Å². The molecule has 0 aliphatic carbocycles. The van der Waals surface area contributed by atoms with Gasteiger partial charge >= 0.3 is 0 Å². The van der Waals surface area contributed by atoms with E-state index in [9.17, 15) is 4.79 Å². The van der Waals surface area contributed by atoms with Gasteiger partial charge < -0.3 is 4.90 Å². The molecule has 0 saturated heterocycles. The highest BCUT2D eigenvalue weighted by molar-refractivity contribution is 7.71. The van der Waals surface area contributed by atoms with Gasteiger partial charge in [0.1, 0.15) is 0 Å². The van der Waals surface area contributed by atoms with Gasteiger partial charge in [-0.1, -0.05) is 41.7 Å². The molecule has 0 radical (unpaired) electrons. The Morgan fingerprint density at radius 2 is 2.00 bits per heavy atom. The standard InChI is InChI=1S/C25H24N6OS2/c1-3-13-31-22(28-29-25(31)33)21-16(2)26-24(34-21)27-23(32)18-8-10-20(11-9-18)30-14-12-17-6-4-5-7-19(17)15-30/h3-11H,1,12-15H2,2H3,(H,29,33)(H,26,27,32). The molecule has 1 aliphatic heterocycles. The molecule has 2 N–H and O–H groups in total. The van der Waals surface area contributed by atoms with E-state index in [0.717, 1.165) is 35.8 Å². The number of nitrogens with one attached hydrogen (secondary N) is 2. The number of carbonyl (C=O) groups is 1. The largest absolute Gasteiger partial charge is 0.367 e. The molecule has 2 aromatic carbocycles. The lowest BCUT2D eigenvalue weighted by atomic mass is 9.99. The number of aryl methyl sites for hydroxylation is 1. The number of hydrogen-bond donors (Lipinski definition) is 2. The Labute approximate surface area is 206 Å². The van der Waals surface area contributed by atoms with E-state index < -0.39 is 0 Å². The van der Waals surface area contributed by atoms with E-state index in [4.69, 9.17) is 12.2 Å². The lowest BCUT2D eigenvalue weighted by molar-refractivity contribution is 0.102. The fraction of sp³-hybridized carbons (Fsp3) is 0.200. The first-order valence-corrected chi connectivity index (χ1v) is 12.2. The second-order valence-corrected chi connectivity index (χ2v) is 9.51. The molecule has 0 atom stereocenters. The lowest BCUT2D eigenvalue weighted by Crippen LogP contribution is -2.30. The highest BCUT2D eigenvalue weighted by Gasteiger charge is 2.19. The minimum Gasteiger partial charge on any atom is -0.367 e. The Bertz CT molecular complexity index is 1420. The number of aromatic nitrogens is 4. The fourth-order valence-corrected chi connectivity index (χ4v) is 5.32. The normalized spacial score (nSPS) is 12.9. The molecule has 1 aliphatic rings. The SMILES string of the molecule is C=CCn1c(-c2sc(NC(=O)c3ccc(N4CCc5ccccc5C4)cc3)nc2C)n[nH]c1=S. The van der Waals surface area contributed by atoms with Crippen LogP contribution < -0.4 is 10.2 Å². The Kier molecular flexibility index (Phi) is 6.12. The maximum atomic E-state index is 12.9. The predicted molar refractivity (Wildman–Crippen MR) is 139 cm³/mol. The minimum atomic E-state index is -0.194. The van der Waals surface area contributed by atoms with Crippen LogP contribution in [-0.4, -0.2) is 32.2 Å². The van der Waals surface area contributed by atoms with Gasteiger partial charge in [0.2, 0.25) is 0 Å². The van der Waals surface area contributed by atoms with Gasteiger partial charge in [0.25, 0.3) is 5.91 Å². The molecule has 0 fully saturated rings. The van der Waals surface area contributed by atoms with Crippen molar-refractivity contribution in [2.75, 3.05) is 16.8 Å². The van der Waals surface area contributed by atoms with Crippen LogP contribution in [0.2, 0.25) is 0 Å². The number of carbonyl (C=O) groups excluding carboxylic acids is 1. The molecule has 0 spiro atoms. The third-order valence-electron chi connectivity index (χ3n) is 5.92. The molecule has 1 amide bonds. The summed E-state index contributed by atoms with van der Waals surface area (Å²) in [7, 11) is 0. The average molecular weight is 489 g/mol. The summed E-state index contributed by atoms with van der Waals surface area (Å²) in [5, 5.41) is 10.6. The van der Waals surface area contributed by atoms with Crippen LogP contribution in [-0.2, 0) is 19.5 Å². The number of fused-ring (bicyclic) bond motifs is 1. The van der Waals surface area contributed by atoms with Crippen LogP contribution >= 0.6 is 23.6 Å². The van der Waals surface area contributed by atoms with Crippen LogP contribution in [0.1, 0.15) is 27.2 Å². The monoisotopic (exact) mass is 488 g/mol. The quantitative estimate of drug-likeness (QED) is 0.282. The smallest absolute Gasteiger partial charge is 0.257 e. The van der Waals surface area contributed by atoms with Crippen molar-refractivity contribution in [3.8, 4) is 10.7 Å². The van der Waals surface area contributed by atoms with E-state index in [2.05, 4.69) is 56.2 Å². The number of anilines is 2. The van der Waals surface area contributed by atoms with Gasteiger partial charge in [0.05, 0.1) is 10.6 Å². The maximum Gasteiger partial charge on any atom is 0.257 e. The number of thiazole rings is 1. The third kappa shape index (κ3) is 4.32. The molecule has 3 heterocycles. The number of amides is 1. The van der Waals surface area contributed by atoms with Crippen molar-refractivity contribution in [3.63, 3.8) is 0 Å². The van der Waals surface area contributed by atoms with Crippen molar-refractivity contribution in [3.05, 3.63) is 88.3 Å². The lowest BCUT2D eigenvalue weighted by Gasteiger charge is -2.30. The Morgan fingerprint density at radius 3 is 2.76 bits per heavy atom. The maximum absolute atomic E-state index is 12.9. The van der Waals surface area contributed by atoms with Crippen molar-refractivity contribution in [2.24, 2.45) is 0 Å². The van der Waals surface area contributed by atoms with Crippen LogP contribution in [0.4, 0.5) is 10.8 Å². The summed E-state index contributed by atoms with van der Waals surface area (Å²) in [6.07, 6.45) is 2.79. The van der Waals surface area contributed by atoms with Gasteiger partial charge in [-0.05, 0) is 61.0 Å². The van der Waals surface area contributed by atoms with E-state index in [1.54, 1.807) is 6.08 Å². The number of nitrogens with zero attached hydrogens (tertiary/aromatic N) is 4. The van der Waals surface area contributed by atoms with E-state index in [1.165, 1.54) is 22.5 Å². The summed E-state index contributed by atoms with van der Waals surface area (Å²) in [5.74, 6) is 0.494. The van der Waals surface area contributed by atoms with Gasteiger partial charge in [-0.15, -0.1) is 6.58 Å². The van der Waals surface area contributed by atoms with Gasteiger partial charge in [0, 0.05) is 30.9 Å². The molecular formula is C25H24N6OS2. The van der Waals surface area contributed by atoms with Crippen molar-refractivity contribution in [1.29, 1.82) is 0 Å². The summed E-state index contributed by atoms with van der Waals surface area (Å²) in [6, 6.07) is 16.3. The Balaban J connectivity index is 1.30. The van der Waals surface area contributed by atoms with Crippen LogP contribution in [0, 0.1) is 11.7 Å². The van der Waals surface area contributed by atoms with Gasteiger partial charge in [0.15, 0.2) is 15.7 Å². The molecule has 4 aromatic rings. The molecule has 34 heavy (non-hydrogen) atoms. The van der Waals surface area contributed by atoms with E-state index in [0.29, 0.717) is 27.8 Å². The highest BCUT2D eigenvalue weighted by Crippen LogP contribution is 2.32. The summed E-state index contributed by atoms with van der Waals surface area (Å²) in [4.78, 5) is 20.6. The summed E-state index contributed by atoms with van der Waals surface area (Å²) in [6.45, 7) is 8.06. The average Bonchev–Trinajstić information content (AvgIpc) is 3.40. The van der Waals surface area contributed by atoms with Gasteiger partial charge in [-0.3, -0.25) is 19.8 Å². The first-order valence-electron chi connectivity index (χ1n) is 11.0. The Morgan fingerprint density at radius 1 is 1.24 bits per heavy atom. The number of allylic oxidation sites excluding steroid dienone is 1. The van der Waals surface area contributed by atoms with Crippen LogP contribution in [0.3, 0.4) is 0 Å². The summed E-state index contributed by atoms with van der Waals surface area (Å²) in [5.41, 5.74) is 5.26. The molecule has 172 valence electrons. The first-order chi connectivity index (χ1) is 16.5. The van der Waals surface area contributed by atoms with Crippen LogP contribution in [0.25, 0.3) is 10.7 Å². The van der Waals surface area contributed by atoms with E-state index in [1.807, 2.05) is 35.8 Å². The zero-order valence-corrected chi connectivity index (χ0v) is 20.4.